The van der Waals surface area contributed by atoms with Crippen LogP contribution in [-0.4, -0.2) is 30.8 Å². The molecule has 94 valence electrons. The van der Waals surface area contributed by atoms with Gasteiger partial charge in [0.1, 0.15) is 11.6 Å². The monoisotopic (exact) mass is 241 g/mol. The van der Waals surface area contributed by atoms with Crippen molar-refractivity contribution in [3.63, 3.8) is 0 Å². The van der Waals surface area contributed by atoms with Crippen molar-refractivity contribution in [2.45, 2.75) is 19.4 Å². The van der Waals surface area contributed by atoms with E-state index in [2.05, 4.69) is 5.32 Å². The third-order valence-corrected chi connectivity index (χ3v) is 2.47. The second-order valence-corrected chi connectivity index (χ2v) is 3.61. The first-order valence-corrected chi connectivity index (χ1v) is 5.37. The molecule has 1 rings (SSSR count). The molecular formula is C12H16FNO3. The van der Waals surface area contributed by atoms with Gasteiger partial charge in [-0.25, -0.2) is 4.39 Å². The minimum Gasteiger partial charge on any atom is -0.497 e. The molecule has 1 amide bonds. The second kappa shape index (κ2) is 6.20. The second-order valence-electron chi connectivity index (χ2n) is 3.61. The number of aliphatic hydroxyl groups is 1. The Kier molecular flexibility index (Phi) is 4.90. The summed E-state index contributed by atoms with van der Waals surface area (Å²) in [5, 5.41) is 11.5. The standard InChI is InChI=1S/C12H16FNO3/c1-3-8(7-15)14-12(16)10-5-4-9(17-2)6-11(10)13/h4-6,8,15H,3,7H2,1-2H3,(H,14,16)/t8-/m1/s1. The van der Waals surface area contributed by atoms with Gasteiger partial charge in [-0.2, -0.15) is 0 Å². The van der Waals surface area contributed by atoms with E-state index in [1.54, 1.807) is 0 Å². The molecule has 0 saturated heterocycles. The van der Waals surface area contributed by atoms with Crippen LogP contribution in [0.1, 0.15) is 23.7 Å². The number of halogens is 1. The zero-order valence-electron chi connectivity index (χ0n) is 9.87. The Labute approximate surface area is 99.4 Å². The molecule has 0 aliphatic heterocycles. The summed E-state index contributed by atoms with van der Waals surface area (Å²) in [5.74, 6) is -0.825. The highest BCUT2D eigenvalue weighted by atomic mass is 19.1. The Balaban J connectivity index is 2.82. The zero-order valence-corrected chi connectivity index (χ0v) is 9.87. The van der Waals surface area contributed by atoms with Crippen molar-refractivity contribution in [1.29, 1.82) is 0 Å². The molecule has 1 aromatic carbocycles. The van der Waals surface area contributed by atoms with E-state index in [1.807, 2.05) is 6.92 Å². The van der Waals surface area contributed by atoms with Crippen LogP contribution in [0.5, 0.6) is 5.75 Å². The lowest BCUT2D eigenvalue weighted by Crippen LogP contribution is -2.37. The number of benzene rings is 1. The molecule has 1 atom stereocenters. The van der Waals surface area contributed by atoms with Crippen molar-refractivity contribution in [3.8, 4) is 5.75 Å². The molecule has 1 aromatic rings. The predicted molar refractivity (Wildman–Crippen MR) is 61.6 cm³/mol. The van der Waals surface area contributed by atoms with Crippen LogP contribution < -0.4 is 10.1 Å². The largest absolute Gasteiger partial charge is 0.497 e. The zero-order chi connectivity index (χ0) is 12.8. The van der Waals surface area contributed by atoms with Crippen molar-refractivity contribution in [1.82, 2.24) is 5.32 Å². The molecule has 0 saturated carbocycles. The number of carbonyl (C=O) groups excluding carboxylic acids is 1. The number of hydrogen-bond donors (Lipinski definition) is 2. The third kappa shape index (κ3) is 3.42. The third-order valence-electron chi connectivity index (χ3n) is 2.47. The normalized spacial score (nSPS) is 12.0. The van der Waals surface area contributed by atoms with Gasteiger partial charge >= 0.3 is 0 Å². The maximum absolute atomic E-state index is 13.5. The van der Waals surface area contributed by atoms with E-state index >= 15 is 0 Å². The van der Waals surface area contributed by atoms with Crippen LogP contribution in [0.25, 0.3) is 0 Å². The molecule has 5 heteroatoms. The molecule has 0 spiro atoms. The highest BCUT2D eigenvalue weighted by Gasteiger charge is 2.15. The number of nitrogens with one attached hydrogen (secondary N) is 1. The number of rotatable bonds is 5. The van der Waals surface area contributed by atoms with Crippen molar-refractivity contribution < 1.29 is 19.0 Å². The molecule has 17 heavy (non-hydrogen) atoms. The van der Waals surface area contributed by atoms with E-state index in [0.29, 0.717) is 12.2 Å². The maximum Gasteiger partial charge on any atom is 0.254 e. The first-order chi connectivity index (χ1) is 8.12. The topological polar surface area (TPSA) is 58.6 Å². The molecule has 0 fully saturated rings. The van der Waals surface area contributed by atoms with E-state index in [-0.39, 0.29) is 18.2 Å². The molecule has 0 bridgehead atoms. The average Bonchev–Trinajstić information content (AvgIpc) is 2.35. The Hall–Kier alpha value is -1.62. The highest BCUT2D eigenvalue weighted by molar-refractivity contribution is 5.94. The van der Waals surface area contributed by atoms with Crippen LogP contribution >= 0.6 is 0 Å². The van der Waals surface area contributed by atoms with Gasteiger partial charge in [-0.3, -0.25) is 4.79 Å². The van der Waals surface area contributed by atoms with Crippen LogP contribution in [0.4, 0.5) is 4.39 Å². The summed E-state index contributed by atoms with van der Waals surface area (Å²) in [7, 11) is 1.42. The van der Waals surface area contributed by atoms with Gasteiger partial charge in [-0.15, -0.1) is 0 Å². The van der Waals surface area contributed by atoms with Crippen molar-refractivity contribution in [2.75, 3.05) is 13.7 Å². The van der Waals surface area contributed by atoms with Gasteiger partial charge in [0.05, 0.1) is 25.3 Å². The molecule has 0 unspecified atom stereocenters. The number of ether oxygens (including phenoxy) is 1. The highest BCUT2D eigenvalue weighted by Crippen LogP contribution is 2.16. The minimum absolute atomic E-state index is 0.0577. The van der Waals surface area contributed by atoms with Gasteiger partial charge in [0.25, 0.3) is 5.91 Å². The number of carbonyl (C=O) groups is 1. The molecule has 4 nitrogen and oxygen atoms in total. The lowest BCUT2D eigenvalue weighted by Gasteiger charge is -2.14. The minimum atomic E-state index is -0.644. The summed E-state index contributed by atoms with van der Waals surface area (Å²) < 4.78 is 18.4. The summed E-state index contributed by atoms with van der Waals surface area (Å²) in [4.78, 5) is 11.7. The van der Waals surface area contributed by atoms with Crippen molar-refractivity contribution in [3.05, 3.63) is 29.6 Å². The van der Waals surface area contributed by atoms with Crippen molar-refractivity contribution in [2.24, 2.45) is 0 Å². The van der Waals surface area contributed by atoms with E-state index in [0.717, 1.165) is 6.07 Å². The first kappa shape index (κ1) is 13.4. The molecular weight excluding hydrogens is 225 g/mol. The quantitative estimate of drug-likeness (QED) is 0.817. The summed E-state index contributed by atoms with van der Waals surface area (Å²) in [6, 6.07) is 3.66. The Morgan fingerprint density at radius 2 is 2.29 bits per heavy atom. The SMILES string of the molecule is CC[C@H](CO)NC(=O)c1ccc(OC)cc1F. The van der Waals surface area contributed by atoms with E-state index in [4.69, 9.17) is 9.84 Å². The van der Waals surface area contributed by atoms with E-state index in [1.165, 1.54) is 19.2 Å². The fourth-order valence-electron chi connectivity index (χ4n) is 1.35. The summed E-state index contributed by atoms with van der Waals surface area (Å²) >= 11 is 0. The predicted octanol–water partition coefficient (Wildman–Crippen LogP) is 1.34. The molecule has 0 heterocycles. The maximum atomic E-state index is 13.5. The number of hydrogen-bond acceptors (Lipinski definition) is 3. The lowest BCUT2D eigenvalue weighted by molar-refractivity contribution is 0.0911. The van der Waals surface area contributed by atoms with Crippen LogP contribution in [0.15, 0.2) is 18.2 Å². The van der Waals surface area contributed by atoms with Gasteiger partial charge in [0.15, 0.2) is 0 Å². The van der Waals surface area contributed by atoms with Crippen LogP contribution in [0.2, 0.25) is 0 Å². The molecule has 2 N–H and O–H groups in total. The van der Waals surface area contributed by atoms with Crippen LogP contribution in [0, 0.1) is 5.82 Å². The molecule has 0 radical (unpaired) electrons. The van der Waals surface area contributed by atoms with E-state index < -0.39 is 11.7 Å². The number of aliphatic hydroxyl groups excluding tert-OH is 1. The molecule has 0 aliphatic rings. The Morgan fingerprint density at radius 1 is 1.59 bits per heavy atom. The van der Waals surface area contributed by atoms with E-state index in [9.17, 15) is 9.18 Å². The van der Waals surface area contributed by atoms with Crippen LogP contribution in [-0.2, 0) is 0 Å². The van der Waals surface area contributed by atoms with Crippen LogP contribution in [0.3, 0.4) is 0 Å². The summed E-state index contributed by atoms with van der Waals surface area (Å²) in [6.07, 6.45) is 0.583. The Bertz CT molecular complexity index is 391. The van der Waals surface area contributed by atoms with Gasteiger partial charge in [0.2, 0.25) is 0 Å². The molecule has 0 aromatic heterocycles. The Morgan fingerprint density at radius 3 is 2.76 bits per heavy atom. The molecule has 0 aliphatic carbocycles. The van der Waals surface area contributed by atoms with Gasteiger partial charge in [0, 0.05) is 6.07 Å². The van der Waals surface area contributed by atoms with Crippen molar-refractivity contribution >= 4 is 5.91 Å². The smallest absolute Gasteiger partial charge is 0.254 e. The summed E-state index contributed by atoms with van der Waals surface area (Å²) in [5.41, 5.74) is -0.0577. The number of amides is 1. The van der Waals surface area contributed by atoms with Gasteiger partial charge in [-0.1, -0.05) is 6.92 Å². The lowest BCUT2D eigenvalue weighted by atomic mass is 10.1. The number of methoxy groups -OCH3 is 1. The van der Waals surface area contributed by atoms with Gasteiger partial charge in [-0.05, 0) is 18.6 Å². The van der Waals surface area contributed by atoms with Gasteiger partial charge < -0.3 is 15.2 Å². The fraction of sp³-hybridized carbons (Fsp3) is 0.417. The average molecular weight is 241 g/mol. The summed E-state index contributed by atoms with van der Waals surface area (Å²) in [6.45, 7) is 1.66. The fourth-order valence-corrected chi connectivity index (χ4v) is 1.35. The first-order valence-electron chi connectivity index (χ1n) is 5.37.